The number of rotatable bonds is 0. The smallest absolute Gasteiger partial charge is 0.00163 e. The average molecular weight is 209 g/mol. The molecule has 0 unspecified atom stereocenters. The van der Waals surface area contributed by atoms with Crippen molar-refractivity contribution in [2.24, 2.45) is 5.41 Å². The largest absolute Gasteiger partial charge is 0.306 e. The summed E-state index contributed by atoms with van der Waals surface area (Å²) in [5.41, 5.74) is 4.02. The quantitative estimate of drug-likeness (QED) is 0.548. The normalized spacial score (nSPS) is 25.4. The Morgan fingerprint density at radius 2 is 1.33 bits per heavy atom. The lowest BCUT2D eigenvalue weighted by Crippen LogP contribution is -2.36. The topological polar surface area (TPSA) is 3.24 Å². The van der Waals surface area contributed by atoms with Gasteiger partial charge >= 0.3 is 0 Å². The van der Waals surface area contributed by atoms with Crippen LogP contribution in [0.5, 0.6) is 0 Å². The third-order valence-electron chi connectivity index (χ3n) is 4.06. The summed E-state index contributed by atoms with van der Waals surface area (Å²) in [6, 6.07) is 0. The van der Waals surface area contributed by atoms with Crippen molar-refractivity contribution >= 4 is 0 Å². The van der Waals surface area contributed by atoms with Crippen molar-refractivity contribution in [3.63, 3.8) is 0 Å². The van der Waals surface area contributed by atoms with Crippen LogP contribution in [-0.2, 0) is 0 Å². The van der Waals surface area contributed by atoms with Crippen molar-refractivity contribution in [2.75, 3.05) is 20.1 Å². The van der Waals surface area contributed by atoms with Crippen molar-refractivity contribution < 1.29 is 0 Å². The van der Waals surface area contributed by atoms with Crippen LogP contribution >= 0.6 is 0 Å². The maximum atomic E-state index is 2.47. The van der Waals surface area contributed by atoms with Gasteiger partial charge in [-0.25, -0.2) is 0 Å². The molecule has 1 nitrogen and oxygen atoms in total. The van der Waals surface area contributed by atoms with E-state index in [1.165, 1.54) is 38.8 Å². The van der Waals surface area contributed by atoms with Crippen molar-refractivity contribution in [1.29, 1.82) is 0 Å². The van der Waals surface area contributed by atoms with Gasteiger partial charge in [-0.1, -0.05) is 25.0 Å². The first kappa shape index (κ1) is 12.8. The summed E-state index contributed by atoms with van der Waals surface area (Å²) in [5.74, 6) is 0. The van der Waals surface area contributed by atoms with E-state index in [0.717, 1.165) is 0 Å². The van der Waals surface area contributed by atoms with Crippen LogP contribution < -0.4 is 0 Å². The fourth-order valence-corrected chi connectivity index (χ4v) is 2.94. The molecule has 1 aliphatic heterocycles. The van der Waals surface area contributed by atoms with E-state index in [1.54, 1.807) is 11.1 Å². The summed E-state index contributed by atoms with van der Waals surface area (Å²) >= 11 is 0. The van der Waals surface area contributed by atoms with Gasteiger partial charge in [0.05, 0.1) is 0 Å². The molecule has 88 valence electrons. The van der Waals surface area contributed by atoms with Gasteiger partial charge in [0.15, 0.2) is 0 Å². The zero-order valence-electron chi connectivity index (χ0n) is 11.2. The standard InChI is InChI=1S/C12H21N.C2H6/c1-10-8-12(9-11(10)2)4-6-13(3)7-5-12;1-2/h4-9H2,1-3H3;1-2H3. The van der Waals surface area contributed by atoms with Gasteiger partial charge in [0, 0.05) is 0 Å². The van der Waals surface area contributed by atoms with Crippen molar-refractivity contribution in [3.05, 3.63) is 11.1 Å². The maximum absolute atomic E-state index is 2.47. The monoisotopic (exact) mass is 209 g/mol. The number of hydrogen-bond acceptors (Lipinski definition) is 1. The average Bonchev–Trinajstić information content (AvgIpc) is 2.51. The first-order valence-electron chi connectivity index (χ1n) is 6.45. The minimum absolute atomic E-state index is 0.681. The minimum Gasteiger partial charge on any atom is -0.306 e. The lowest BCUT2D eigenvalue weighted by Gasteiger charge is -2.38. The number of piperidine rings is 1. The van der Waals surface area contributed by atoms with E-state index in [4.69, 9.17) is 0 Å². The van der Waals surface area contributed by atoms with Crippen molar-refractivity contribution in [2.45, 2.75) is 53.4 Å². The highest BCUT2D eigenvalue weighted by molar-refractivity contribution is 5.21. The second kappa shape index (κ2) is 5.16. The molecule has 1 saturated heterocycles. The zero-order chi connectivity index (χ0) is 11.5. The van der Waals surface area contributed by atoms with Gasteiger partial charge in [-0.15, -0.1) is 0 Å². The van der Waals surface area contributed by atoms with E-state index in [-0.39, 0.29) is 0 Å². The van der Waals surface area contributed by atoms with E-state index in [2.05, 4.69) is 25.8 Å². The van der Waals surface area contributed by atoms with Gasteiger partial charge in [-0.2, -0.15) is 0 Å². The van der Waals surface area contributed by atoms with E-state index >= 15 is 0 Å². The molecule has 0 amide bonds. The van der Waals surface area contributed by atoms with Gasteiger partial charge < -0.3 is 4.90 Å². The van der Waals surface area contributed by atoms with Gasteiger partial charge in [-0.05, 0) is 65.1 Å². The van der Waals surface area contributed by atoms with E-state index < -0.39 is 0 Å². The van der Waals surface area contributed by atoms with Crippen LogP contribution in [0.2, 0.25) is 0 Å². The zero-order valence-corrected chi connectivity index (χ0v) is 11.2. The molecule has 0 aromatic carbocycles. The highest BCUT2D eigenvalue weighted by Crippen LogP contribution is 2.48. The molecule has 1 heterocycles. The lowest BCUT2D eigenvalue weighted by atomic mass is 9.75. The Labute approximate surface area is 95.5 Å². The SMILES string of the molecule is CC.CC1=C(C)CC2(CCN(C)CC2)C1. The Bertz CT molecular complexity index is 216. The number of nitrogens with zero attached hydrogens (tertiary/aromatic N) is 1. The fraction of sp³-hybridized carbons (Fsp3) is 0.857. The van der Waals surface area contributed by atoms with Crippen LogP contribution in [0.4, 0.5) is 0 Å². The van der Waals surface area contributed by atoms with E-state index in [9.17, 15) is 0 Å². The number of allylic oxidation sites excluding steroid dienone is 2. The Morgan fingerprint density at radius 1 is 0.933 bits per heavy atom. The summed E-state index contributed by atoms with van der Waals surface area (Å²) in [4.78, 5) is 2.47. The van der Waals surface area contributed by atoms with Gasteiger partial charge in [0.2, 0.25) is 0 Å². The molecule has 0 N–H and O–H groups in total. The van der Waals surface area contributed by atoms with Crippen LogP contribution in [0, 0.1) is 5.41 Å². The van der Waals surface area contributed by atoms with Gasteiger partial charge in [0.25, 0.3) is 0 Å². The highest BCUT2D eigenvalue weighted by Gasteiger charge is 2.37. The van der Waals surface area contributed by atoms with Crippen LogP contribution in [0.1, 0.15) is 53.4 Å². The third kappa shape index (κ3) is 2.84. The molecule has 1 fully saturated rings. The molecule has 0 aromatic rings. The van der Waals surface area contributed by atoms with Crippen LogP contribution in [0.15, 0.2) is 11.1 Å². The number of likely N-dealkylation sites (tertiary alicyclic amines) is 1. The molecule has 2 aliphatic rings. The Balaban J connectivity index is 0.000000531. The van der Waals surface area contributed by atoms with Gasteiger partial charge in [-0.3, -0.25) is 0 Å². The molecular weight excluding hydrogens is 182 g/mol. The minimum atomic E-state index is 0.681. The molecular formula is C14H27N. The predicted octanol–water partition coefficient (Wildman–Crippen LogP) is 3.85. The molecule has 1 heteroatoms. The van der Waals surface area contributed by atoms with Crippen molar-refractivity contribution in [3.8, 4) is 0 Å². The Kier molecular flexibility index (Phi) is 4.39. The Morgan fingerprint density at radius 3 is 1.73 bits per heavy atom. The predicted molar refractivity (Wildman–Crippen MR) is 68.1 cm³/mol. The second-order valence-electron chi connectivity index (χ2n) is 5.22. The third-order valence-corrected chi connectivity index (χ3v) is 4.06. The Hall–Kier alpha value is -0.300. The molecule has 1 spiro atoms. The maximum Gasteiger partial charge on any atom is -0.00163 e. The summed E-state index contributed by atoms with van der Waals surface area (Å²) in [6.07, 6.45) is 5.59. The molecule has 0 aromatic heterocycles. The molecule has 0 atom stereocenters. The van der Waals surface area contributed by atoms with E-state index in [0.29, 0.717) is 5.41 Å². The van der Waals surface area contributed by atoms with Crippen LogP contribution in [-0.4, -0.2) is 25.0 Å². The lowest BCUT2D eigenvalue weighted by molar-refractivity contribution is 0.131. The molecule has 15 heavy (non-hydrogen) atoms. The van der Waals surface area contributed by atoms with E-state index in [1.807, 2.05) is 13.8 Å². The molecule has 0 saturated carbocycles. The first-order chi connectivity index (χ1) is 7.11. The summed E-state index contributed by atoms with van der Waals surface area (Å²) < 4.78 is 0. The van der Waals surface area contributed by atoms with Crippen molar-refractivity contribution in [1.82, 2.24) is 4.90 Å². The summed E-state index contributed by atoms with van der Waals surface area (Å²) in [5, 5.41) is 0. The second-order valence-corrected chi connectivity index (χ2v) is 5.22. The molecule has 1 aliphatic carbocycles. The van der Waals surface area contributed by atoms with Crippen LogP contribution in [0.25, 0.3) is 0 Å². The molecule has 0 radical (unpaired) electrons. The summed E-state index contributed by atoms with van der Waals surface area (Å²) in [6.45, 7) is 11.3. The summed E-state index contributed by atoms with van der Waals surface area (Å²) in [7, 11) is 2.24. The molecule has 2 rings (SSSR count). The van der Waals surface area contributed by atoms with Gasteiger partial charge in [0.1, 0.15) is 0 Å². The highest BCUT2D eigenvalue weighted by atomic mass is 15.1. The number of hydrogen-bond donors (Lipinski definition) is 0. The first-order valence-corrected chi connectivity index (χ1v) is 6.45. The fourth-order valence-electron chi connectivity index (χ4n) is 2.94. The van der Waals surface area contributed by atoms with Crippen LogP contribution in [0.3, 0.4) is 0 Å². The molecule has 0 bridgehead atoms.